The fraction of sp³-hybridized carbons (Fsp3) is 0.385. The smallest absolute Gasteiger partial charge is 0.239 e. The van der Waals surface area contributed by atoms with Crippen LogP contribution in [0.3, 0.4) is 0 Å². The molecule has 1 heterocycles. The number of aliphatic hydroxyl groups is 1. The molecular weight excluding hydrogens is 303 g/mol. The van der Waals surface area contributed by atoms with Crippen LogP contribution in [0.25, 0.3) is 0 Å². The molecule has 0 bridgehead atoms. The predicted octanol–water partition coefficient (Wildman–Crippen LogP) is 1.45. The van der Waals surface area contributed by atoms with Crippen molar-refractivity contribution in [2.75, 3.05) is 24.6 Å². The Bertz CT molecular complexity index is 536. The van der Waals surface area contributed by atoms with Gasteiger partial charge < -0.3 is 15.3 Å². The van der Waals surface area contributed by atoms with Gasteiger partial charge in [0.15, 0.2) is 0 Å². The van der Waals surface area contributed by atoms with Crippen LogP contribution in [0.2, 0.25) is 10.0 Å². The molecule has 0 spiro atoms. The number of anilines is 1. The van der Waals surface area contributed by atoms with Gasteiger partial charge in [0.25, 0.3) is 0 Å². The molecule has 0 aliphatic carbocycles. The van der Waals surface area contributed by atoms with E-state index in [1.165, 1.54) is 4.90 Å². The molecule has 1 aliphatic rings. The summed E-state index contributed by atoms with van der Waals surface area (Å²) in [5.74, 6) is -1.41. The molecule has 1 atom stereocenters. The van der Waals surface area contributed by atoms with Crippen molar-refractivity contribution in [2.24, 2.45) is 5.92 Å². The highest BCUT2D eigenvalue weighted by molar-refractivity contribution is 6.36. The van der Waals surface area contributed by atoms with Crippen molar-refractivity contribution in [3.05, 3.63) is 28.2 Å². The van der Waals surface area contributed by atoms with Crippen molar-refractivity contribution in [1.82, 2.24) is 5.32 Å². The van der Waals surface area contributed by atoms with E-state index >= 15 is 0 Å². The van der Waals surface area contributed by atoms with E-state index < -0.39 is 5.92 Å². The highest BCUT2D eigenvalue weighted by Crippen LogP contribution is 2.33. The minimum Gasteiger partial charge on any atom is -0.395 e. The second-order valence-electron chi connectivity index (χ2n) is 4.44. The number of hydrogen-bond acceptors (Lipinski definition) is 3. The van der Waals surface area contributed by atoms with Crippen molar-refractivity contribution in [2.45, 2.75) is 6.42 Å². The Labute approximate surface area is 126 Å². The Morgan fingerprint density at radius 3 is 2.90 bits per heavy atom. The molecule has 1 aromatic rings. The maximum Gasteiger partial charge on any atom is 0.239 e. The Balaban J connectivity index is 2.15. The molecule has 108 valence electrons. The second kappa shape index (κ2) is 6.43. The van der Waals surface area contributed by atoms with Crippen molar-refractivity contribution >= 4 is 40.7 Å². The van der Waals surface area contributed by atoms with Gasteiger partial charge in [-0.1, -0.05) is 23.2 Å². The van der Waals surface area contributed by atoms with Crippen LogP contribution in [0.5, 0.6) is 0 Å². The first-order valence-electron chi connectivity index (χ1n) is 6.19. The van der Waals surface area contributed by atoms with Crippen LogP contribution in [0.15, 0.2) is 18.2 Å². The van der Waals surface area contributed by atoms with Crippen LogP contribution < -0.4 is 10.2 Å². The third-order valence-electron chi connectivity index (χ3n) is 3.13. The molecule has 1 aromatic carbocycles. The molecule has 1 unspecified atom stereocenters. The normalized spacial score (nSPS) is 18.4. The number of benzene rings is 1. The quantitative estimate of drug-likeness (QED) is 0.826. The van der Waals surface area contributed by atoms with E-state index in [0.717, 1.165) is 0 Å². The van der Waals surface area contributed by atoms with E-state index in [-0.39, 0.29) is 25.0 Å². The maximum absolute atomic E-state index is 12.3. The molecule has 2 rings (SSSR count). The lowest BCUT2D eigenvalue weighted by atomic mass is 10.1. The van der Waals surface area contributed by atoms with Gasteiger partial charge in [-0.15, -0.1) is 0 Å². The van der Waals surface area contributed by atoms with E-state index in [0.29, 0.717) is 28.7 Å². The average Bonchev–Trinajstić information content (AvgIpc) is 2.80. The highest BCUT2D eigenvalue weighted by atomic mass is 35.5. The Morgan fingerprint density at radius 2 is 2.20 bits per heavy atom. The van der Waals surface area contributed by atoms with E-state index in [1.807, 2.05) is 0 Å². The summed E-state index contributed by atoms with van der Waals surface area (Å²) in [5.41, 5.74) is 0.515. The number of hydrogen-bond donors (Lipinski definition) is 2. The van der Waals surface area contributed by atoms with Gasteiger partial charge in [0.05, 0.1) is 17.3 Å². The topological polar surface area (TPSA) is 69.6 Å². The Hall–Kier alpha value is -1.30. The zero-order valence-corrected chi connectivity index (χ0v) is 12.1. The molecule has 0 aromatic heterocycles. The van der Waals surface area contributed by atoms with Crippen molar-refractivity contribution in [3.63, 3.8) is 0 Å². The third kappa shape index (κ3) is 3.06. The molecule has 5 nitrogen and oxygen atoms in total. The zero-order chi connectivity index (χ0) is 14.7. The number of aliphatic hydroxyl groups excluding tert-OH is 1. The van der Waals surface area contributed by atoms with Crippen molar-refractivity contribution in [1.29, 1.82) is 0 Å². The van der Waals surface area contributed by atoms with Gasteiger partial charge in [-0.2, -0.15) is 0 Å². The van der Waals surface area contributed by atoms with Gasteiger partial charge >= 0.3 is 0 Å². The minimum atomic E-state index is -0.739. The van der Waals surface area contributed by atoms with Crippen LogP contribution in [-0.4, -0.2) is 36.6 Å². The zero-order valence-electron chi connectivity index (χ0n) is 10.6. The Kier molecular flexibility index (Phi) is 4.86. The van der Waals surface area contributed by atoms with E-state index in [2.05, 4.69) is 5.32 Å². The third-order valence-corrected chi connectivity index (χ3v) is 3.69. The van der Waals surface area contributed by atoms with Crippen LogP contribution in [0.1, 0.15) is 6.42 Å². The SMILES string of the molecule is O=C(NCCO)C1CCN(c2cc(Cl)ccc2Cl)C1=O. The summed E-state index contributed by atoms with van der Waals surface area (Å²) >= 11 is 12.0. The lowest BCUT2D eigenvalue weighted by Crippen LogP contribution is -2.38. The highest BCUT2D eigenvalue weighted by Gasteiger charge is 2.38. The summed E-state index contributed by atoms with van der Waals surface area (Å²) < 4.78 is 0. The number of nitrogens with one attached hydrogen (secondary N) is 1. The van der Waals surface area contributed by atoms with Crippen LogP contribution in [0.4, 0.5) is 5.69 Å². The first kappa shape index (κ1) is 15.1. The van der Waals surface area contributed by atoms with Crippen LogP contribution >= 0.6 is 23.2 Å². The standard InChI is InChI=1S/C13H14Cl2N2O3/c14-8-1-2-10(15)11(7-8)17-5-3-9(13(17)20)12(19)16-4-6-18/h1-2,7,9,18H,3-6H2,(H,16,19). The molecule has 0 saturated carbocycles. The molecule has 7 heteroatoms. The molecule has 2 N–H and O–H groups in total. The number of nitrogens with zero attached hydrogens (tertiary/aromatic N) is 1. The lowest BCUT2D eigenvalue weighted by Gasteiger charge is -2.18. The summed E-state index contributed by atoms with van der Waals surface area (Å²) in [7, 11) is 0. The van der Waals surface area contributed by atoms with Gasteiger partial charge in [0.2, 0.25) is 11.8 Å². The fourth-order valence-electron chi connectivity index (χ4n) is 2.16. The second-order valence-corrected chi connectivity index (χ2v) is 5.29. The molecule has 0 radical (unpaired) electrons. The molecule has 2 amide bonds. The molecule has 1 fully saturated rings. The van der Waals surface area contributed by atoms with Crippen LogP contribution in [-0.2, 0) is 9.59 Å². The average molecular weight is 317 g/mol. The van der Waals surface area contributed by atoms with E-state index in [4.69, 9.17) is 28.3 Å². The summed E-state index contributed by atoms with van der Waals surface area (Å²) in [4.78, 5) is 25.6. The summed E-state index contributed by atoms with van der Waals surface area (Å²) in [6.45, 7) is 0.396. The predicted molar refractivity (Wildman–Crippen MR) is 77.0 cm³/mol. The van der Waals surface area contributed by atoms with Crippen LogP contribution in [0, 0.1) is 5.92 Å². The summed E-state index contributed by atoms with van der Waals surface area (Å²) in [5, 5.41) is 12.1. The van der Waals surface area contributed by atoms with Crippen molar-refractivity contribution in [3.8, 4) is 0 Å². The van der Waals surface area contributed by atoms with Gasteiger partial charge in [-0.05, 0) is 24.6 Å². The maximum atomic E-state index is 12.3. The first-order chi connectivity index (χ1) is 9.54. The number of halogens is 2. The van der Waals surface area contributed by atoms with Gasteiger partial charge in [0, 0.05) is 18.1 Å². The minimum absolute atomic E-state index is 0.139. The number of rotatable bonds is 4. The largest absolute Gasteiger partial charge is 0.395 e. The van der Waals surface area contributed by atoms with Gasteiger partial charge in [0.1, 0.15) is 5.92 Å². The lowest BCUT2D eigenvalue weighted by molar-refractivity contribution is -0.132. The van der Waals surface area contributed by atoms with Crippen molar-refractivity contribution < 1.29 is 14.7 Å². The van der Waals surface area contributed by atoms with Gasteiger partial charge in [-0.3, -0.25) is 9.59 Å². The monoisotopic (exact) mass is 316 g/mol. The molecule has 20 heavy (non-hydrogen) atoms. The molecular formula is C13H14Cl2N2O3. The molecule has 1 aliphatic heterocycles. The van der Waals surface area contributed by atoms with Gasteiger partial charge in [-0.25, -0.2) is 0 Å². The number of carbonyl (C=O) groups excluding carboxylic acids is 2. The number of amides is 2. The van der Waals surface area contributed by atoms with E-state index in [9.17, 15) is 9.59 Å². The number of carbonyl (C=O) groups is 2. The fourth-order valence-corrected chi connectivity index (χ4v) is 2.54. The summed E-state index contributed by atoms with van der Waals surface area (Å²) in [6.07, 6.45) is 0.416. The first-order valence-corrected chi connectivity index (χ1v) is 6.95. The summed E-state index contributed by atoms with van der Waals surface area (Å²) in [6, 6.07) is 4.86. The Morgan fingerprint density at radius 1 is 1.45 bits per heavy atom. The van der Waals surface area contributed by atoms with E-state index in [1.54, 1.807) is 18.2 Å². The molecule has 1 saturated heterocycles.